The van der Waals surface area contributed by atoms with Crippen LogP contribution in [0.4, 0.5) is 13.6 Å². The average Bonchev–Trinajstić information content (AvgIpc) is 3.52. The van der Waals surface area contributed by atoms with E-state index in [-0.39, 0.29) is 25.4 Å². The van der Waals surface area contributed by atoms with E-state index in [9.17, 15) is 28.3 Å². The maximum absolute atomic E-state index is 14.0. The van der Waals surface area contributed by atoms with E-state index in [0.29, 0.717) is 17.7 Å². The molecule has 184 valence electrons. The van der Waals surface area contributed by atoms with Gasteiger partial charge in [0.1, 0.15) is 18.2 Å². The lowest BCUT2D eigenvalue weighted by Gasteiger charge is -2.34. The van der Waals surface area contributed by atoms with Crippen LogP contribution < -0.4 is 5.32 Å². The number of carbonyl (C=O) groups is 3. The molecular weight excluding hydrogens is 458 g/mol. The maximum atomic E-state index is 14.0. The third-order valence-corrected chi connectivity index (χ3v) is 7.37. The van der Waals surface area contributed by atoms with E-state index in [4.69, 9.17) is 4.74 Å². The summed E-state index contributed by atoms with van der Waals surface area (Å²) in [4.78, 5) is 38.5. The fourth-order valence-corrected chi connectivity index (χ4v) is 5.73. The molecule has 2 amide bonds. The van der Waals surface area contributed by atoms with E-state index in [1.807, 2.05) is 48.5 Å². The van der Waals surface area contributed by atoms with Gasteiger partial charge in [-0.15, -0.1) is 0 Å². The molecule has 1 atom stereocenters. The molecule has 0 aromatic heterocycles. The van der Waals surface area contributed by atoms with Crippen molar-refractivity contribution in [1.82, 2.24) is 10.2 Å². The van der Waals surface area contributed by atoms with E-state index in [0.717, 1.165) is 22.3 Å². The number of benzene rings is 2. The van der Waals surface area contributed by atoms with Gasteiger partial charge in [-0.3, -0.25) is 4.79 Å². The van der Waals surface area contributed by atoms with Crippen LogP contribution in [0.2, 0.25) is 0 Å². The molecule has 2 aromatic carbocycles. The smallest absolute Gasteiger partial charge is 0.408 e. The minimum Gasteiger partial charge on any atom is -0.480 e. The van der Waals surface area contributed by atoms with Crippen LogP contribution in [0.1, 0.15) is 49.1 Å². The number of carbonyl (C=O) groups excluding carboxylic acids is 2. The normalized spacial score (nSPS) is 21.9. The Hall–Kier alpha value is -3.49. The molecule has 9 heteroatoms. The summed E-state index contributed by atoms with van der Waals surface area (Å²) in [6, 6.07) is 14.1. The number of ether oxygens (including phenoxy) is 1. The number of nitrogens with zero attached hydrogens (tertiary/aromatic N) is 1. The van der Waals surface area contributed by atoms with E-state index in [2.05, 4.69) is 5.32 Å². The Balaban J connectivity index is 1.31. The molecule has 2 aliphatic carbocycles. The van der Waals surface area contributed by atoms with Crippen LogP contribution in [-0.4, -0.2) is 58.6 Å². The Bertz CT molecular complexity index is 1130. The summed E-state index contributed by atoms with van der Waals surface area (Å²) in [6.45, 7) is -0.930. The number of hydrogen-bond donors (Lipinski definition) is 2. The van der Waals surface area contributed by atoms with Crippen molar-refractivity contribution in [3.8, 4) is 11.1 Å². The highest BCUT2D eigenvalue weighted by molar-refractivity contribution is 5.93. The van der Waals surface area contributed by atoms with E-state index < -0.39 is 48.4 Å². The first-order valence-corrected chi connectivity index (χ1v) is 11.8. The number of alkyl carbamates (subject to hydrolysis) is 1. The third-order valence-electron chi connectivity index (χ3n) is 7.37. The summed E-state index contributed by atoms with van der Waals surface area (Å²) in [5.41, 5.74) is 2.79. The lowest BCUT2D eigenvalue weighted by molar-refractivity contribution is -0.151. The number of alkyl halides is 2. The van der Waals surface area contributed by atoms with Gasteiger partial charge in [-0.25, -0.2) is 18.4 Å². The Morgan fingerprint density at radius 2 is 1.57 bits per heavy atom. The molecule has 7 nitrogen and oxygen atoms in total. The second-order valence-electron chi connectivity index (χ2n) is 9.59. The standard InChI is InChI=1S/C26H26F2N2O5/c27-26(28)13-21(22(31)32)30(15-26)23(33)25(11-5-6-12-25)29-24(34)35-14-20-18-9-3-1-7-16(18)17-8-2-4-10-19(17)20/h1-4,7-10,20-21H,5-6,11-15H2,(H,29,34)(H,31,32)/t21-/m0/s1. The van der Waals surface area contributed by atoms with Crippen molar-refractivity contribution < 1.29 is 33.0 Å². The van der Waals surface area contributed by atoms with Crippen molar-refractivity contribution in [2.75, 3.05) is 13.2 Å². The average molecular weight is 484 g/mol. The fourth-order valence-electron chi connectivity index (χ4n) is 5.73. The van der Waals surface area contributed by atoms with Gasteiger partial charge in [-0.1, -0.05) is 61.4 Å². The number of nitrogens with one attached hydrogen (secondary N) is 1. The summed E-state index contributed by atoms with van der Waals surface area (Å²) in [7, 11) is 0. The highest BCUT2D eigenvalue weighted by atomic mass is 19.3. The van der Waals surface area contributed by atoms with E-state index in [1.165, 1.54) is 0 Å². The van der Waals surface area contributed by atoms with Gasteiger partial charge in [0, 0.05) is 12.3 Å². The minimum absolute atomic E-state index is 0.0453. The van der Waals surface area contributed by atoms with Crippen LogP contribution in [0.5, 0.6) is 0 Å². The molecule has 0 radical (unpaired) electrons. The number of fused-ring (bicyclic) bond motifs is 3. The molecule has 2 N–H and O–H groups in total. The van der Waals surface area contributed by atoms with Crippen molar-refractivity contribution in [1.29, 1.82) is 0 Å². The van der Waals surface area contributed by atoms with E-state index >= 15 is 0 Å². The molecule has 1 aliphatic heterocycles. The van der Waals surface area contributed by atoms with Gasteiger partial charge in [0.15, 0.2) is 0 Å². The number of halogens is 2. The van der Waals surface area contributed by atoms with Gasteiger partial charge in [-0.2, -0.15) is 0 Å². The first-order valence-electron chi connectivity index (χ1n) is 11.8. The van der Waals surface area contributed by atoms with Gasteiger partial charge in [0.25, 0.3) is 5.92 Å². The zero-order chi connectivity index (χ0) is 24.8. The van der Waals surface area contributed by atoms with Gasteiger partial charge in [-0.05, 0) is 35.1 Å². The van der Waals surface area contributed by atoms with Gasteiger partial charge < -0.3 is 20.1 Å². The second-order valence-corrected chi connectivity index (χ2v) is 9.59. The van der Waals surface area contributed by atoms with Crippen LogP contribution in [0.15, 0.2) is 48.5 Å². The van der Waals surface area contributed by atoms with Gasteiger partial charge in [0.2, 0.25) is 5.91 Å². The van der Waals surface area contributed by atoms with Crippen LogP contribution >= 0.6 is 0 Å². The largest absolute Gasteiger partial charge is 0.480 e. The maximum Gasteiger partial charge on any atom is 0.408 e. The summed E-state index contributed by atoms with van der Waals surface area (Å²) in [5.74, 6) is -5.72. The van der Waals surface area contributed by atoms with Crippen molar-refractivity contribution in [2.45, 2.75) is 55.5 Å². The highest BCUT2D eigenvalue weighted by Crippen LogP contribution is 2.44. The fraction of sp³-hybridized carbons (Fsp3) is 0.423. The number of hydrogen-bond acceptors (Lipinski definition) is 4. The zero-order valence-corrected chi connectivity index (χ0v) is 19.0. The van der Waals surface area contributed by atoms with Crippen molar-refractivity contribution >= 4 is 18.0 Å². The monoisotopic (exact) mass is 484 g/mol. The summed E-state index contributed by atoms with van der Waals surface area (Å²) < 4.78 is 33.6. The number of likely N-dealkylation sites (tertiary alicyclic amines) is 1. The molecule has 0 unspecified atom stereocenters. The summed E-state index contributed by atoms with van der Waals surface area (Å²) in [5, 5.41) is 12.0. The molecule has 1 saturated heterocycles. The van der Waals surface area contributed by atoms with Crippen LogP contribution in [0, 0.1) is 0 Å². The van der Waals surface area contributed by atoms with E-state index in [1.54, 1.807) is 0 Å². The van der Waals surface area contributed by atoms with Crippen molar-refractivity contribution in [3.63, 3.8) is 0 Å². The topological polar surface area (TPSA) is 95.9 Å². The Kier molecular flexibility index (Phi) is 5.73. The SMILES string of the molecule is O=C(NC1(C(=O)N2CC(F)(F)C[C@H]2C(=O)O)CCCC1)OCC1c2ccccc2-c2ccccc21. The zero-order valence-electron chi connectivity index (χ0n) is 19.0. The first-order chi connectivity index (χ1) is 16.7. The first kappa shape index (κ1) is 23.3. The molecule has 0 spiro atoms. The van der Waals surface area contributed by atoms with Gasteiger partial charge >= 0.3 is 12.1 Å². The number of amides is 2. The molecule has 5 rings (SSSR count). The molecule has 1 saturated carbocycles. The van der Waals surface area contributed by atoms with Crippen molar-refractivity contribution in [2.24, 2.45) is 0 Å². The molecule has 35 heavy (non-hydrogen) atoms. The number of aliphatic carboxylic acids is 1. The predicted octanol–water partition coefficient (Wildman–Crippen LogP) is 4.16. The van der Waals surface area contributed by atoms with Crippen LogP contribution in [-0.2, 0) is 14.3 Å². The predicted molar refractivity (Wildman–Crippen MR) is 122 cm³/mol. The molecule has 2 aromatic rings. The lowest BCUT2D eigenvalue weighted by Crippen LogP contribution is -2.60. The number of rotatable bonds is 5. The molecular formula is C26H26F2N2O5. The highest BCUT2D eigenvalue weighted by Gasteiger charge is 2.55. The third kappa shape index (κ3) is 4.13. The molecule has 1 heterocycles. The Labute approximate surface area is 201 Å². The summed E-state index contributed by atoms with van der Waals surface area (Å²) >= 11 is 0. The Morgan fingerprint density at radius 1 is 1.00 bits per heavy atom. The number of carboxylic acids is 1. The minimum atomic E-state index is -3.29. The number of carboxylic acid groups (broad SMARTS) is 1. The molecule has 2 fully saturated rings. The lowest BCUT2D eigenvalue weighted by atomic mass is 9.95. The van der Waals surface area contributed by atoms with Gasteiger partial charge in [0.05, 0.1) is 6.54 Å². The van der Waals surface area contributed by atoms with Crippen LogP contribution in [0.25, 0.3) is 11.1 Å². The second kappa shape index (κ2) is 8.62. The van der Waals surface area contributed by atoms with Crippen LogP contribution in [0.3, 0.4) is 0 Å². The molecule has 0 bridgehead atoms. The summed E-state index contributed by atoms with van der Waals surface area (Å²) in [6.07, 6.45) is -0.0569. The van der Waals surface area contributed by atoms with Crippen molar-refractivity contribution in [3.05, 3.63) is 59.7 Å². The quantitative estimate of drug-likeness (QED) is 0.665. The molecule has 3 aliphatic rings. The Morgan fingerprint density at radius 3 is 2.14 bits per heavy atom.